The van der Waals surface area contributed by atoms with Gasteiger partial charge < -0.3 is 9.88 Å². The van der Waals surface area contributed by atoms with Crippen LogP contribution in [0.3, 0.4) is 0 Å². The monoisotopic (exact) mass is 556 g/mol. The second-order valence-electron chi connectivity index (χ2n) is 8.83. The molecule has 40 heavy (non-hydrogen) atoms. The second kappa shape index (κ2) is 11.8. The number of hydrogen-bond acceptors (Lipinski definition) is 3. The lowest BCUT2D eigenvalue weighted by Gasteiger charge is -2.20. The van der Waals surface area contributed by atoms with Crippen molar-refractivity contribution < 1.29 is 26.3 Å². The van der Waals surface area contributed by atoms with Crippen LogP contribution in [0, 0.1) is 0 Å². The fraction of sp³-hybridized carbons (Fsp3) is 0.200. The Kier molecular flexibility index (Phi) is 8.46. The zero-order valence-electron chi connectivity index (χ0n) is 21.5. The van der Waals surface area contributed by atoms with Crippen LogP contribution < -0.4 is 21.4 Å². The van der Waals surface area contributed by atoms with Crippen molar-refractivity contribution in [3.63, 3.8) is 0 Å². The van der Waals surface area contributed by atoms with E-state index in [-0.39, 0.29) is 0 Å². The standard InChI is InChI=1S/C30H26F6N4/c1-3-9-22(10-8-17-29(31,32)33)40-27-12-7-5-6-11-23(27)39-26-18-25(24(37-4-2)19-28(26)40)38-21-15-13-20(14-16-21)30(34,35)36/h3,5-6,8-16,18-19,38H,1,4,7,17H2,2H3/b10-8-,22-9+,37-24?. The molecule has 1 aromatic rings. The number of benzene rings is 2. The third kappa shape index (κ3) is 6.80. The summed E-state index contributed by atoms with van der Waals surface area (Å²) in [6.07, 6.45) is 3.77. The fourth-order valence-electron chi connectivity index (χ4n) is 4.22. The molecule has 0 fully saturated rings. The van der Waals surface area contributed by atoms with Crippen molar-refractivity contribution in [3.05, 3.63) is 101 Å². The molecule has 0 radical (unpaired) electrons. The Balaban J connectivity index is 1.94. The SMILES string of the molecule is C=C/C=C(\C=C/CC(F)(F)F)n1c2cc(=NCC)c(Nc3ccc(C(F)(F)F)cc3)cc-2nc2c1=CCC=CC=2. The van der Waals surface area contributed by atoms with E-state index in [1.54, 1.807) is 18.2 Å². The van der Waals surface area contributed by atoms with Gasteiger partial charge in [-0.2, -0.15) is 26.3 Å². The van der Waals surface area contributed by atoms with Crippen LogP contribution >= 0.6 is 0 Å². The lowest BCUT2D eigenvalue weighted by molar-refractivity contribution is -0.137. The topological polar surface area (TPSA) is 42.2 Å². The summed E-state index contributed by atoms with van der Waals surface area (Å²) >= 11 is 0. The third-order valence-electron chi connectivity index (χ3n) is 5.92. The minimum absolute atomic E-state index is 0.413. The minimum Gasteiger partial charge on any atom is -0.354 e. The number of allylic oxidation sites excluding steroid dienone is 7. The summed E-state index contributed by atoms with van der Waals surface area (Å²) in [5.41, 5.74) is 1.71. The van der Waals surface area contributed by atoms with Crippen LogP contribution in [-0.2, 0) is 6.18 Å². The van der Waals surface area contributed by atoms with Gasteiger partial charge in [-0.25, -0.2) is 4.98 Å². The van der Waals surface area contributed by atoms with Gasteiger partial charge >= 0.3 is 12.4 Å². The van der Waals surface area contributed by atoms with E-state index in [1.165, 1.54) is 24.3 Å². The molecule has 0 saturated heterocycles. The van der Waals surface area contributed by atoms with Crippen LogP contribution in [0.15, 0.2) is 84.4 Å². The number of hydrogen-bond donors (Lipinski definition) is 1. The van der Waals surface area contributed by atoms with E-state index < -0.39 is 24.3 Å². The molecule has 0 bridgehead atoms. The molecule has 0 unspecified atom stereocenters. The van der Waals surface area contributed by atoms with E-state index >= 15 is 0 Å². The summed E-state index contributed by atoms with van der Waals surface area (Å²) in [5, 5.41) is 4.93. The van der Waals surface area contributed by atoms with Gasteiger partial charge in [0.2, 0.25) is 0 Å². The molecule has 1 aliphatic heterocycles. The first-order chi connectivity index (χ1) is 19.0. The molecule has 1 heterocycles. The molecule has 1 aromatic carbocycles. The van der Waals surface area contributed by atoms with Crippen molar-refractivity contribution in [3.8, 4) is 11.4 Å². The Hall–Kier alpha value is -4.34. The molecule has 0 spiro atoms. The van der Waals surface area contributed by atoms with Gasteiger partial charge in [0.1, 0.15) is 0 Å². The Labute approximate surface area is 226 Å². The van der Waals surface area contributed by atoms with Crippen LogP contribution in [0.4, 0.5) is 37.7 Å². The molecule has 10 heteroatoms. The highest BCUT2D eigenvalue weighted by molar-refractivity contribution is 5.74. The number of nitrogens with zero attached hydrogens (tertiary/aromatic N) is 3. The highest BCUT2D eigenvalue weighted by Crippen LogP contribution is 2.31. The smallest absolute Gasteiger partial charge is 0.354 e. The number of halogens is 6. The summed E-state index contributed by atoms with van der Waals surface area (Å²) in [5.74, 6) is 0. The van der Waals surface area contributed by atoms with E-state index in [0.717, 1.165) is 18.2 Å². The van der Waals surface area contributed by atoms with Crippen LogP contribution in [0.5, 0.6) is 0 Å². The maximum atomic E-state index is 13.0. The summed E-state index contributed by atoms with van der Waals surface area (Å²) in [6.45, 7) is 5.98. The highest BCUT2D eigenvalue weighted by atomic mass is 19.4. The van der Waals surface area contributed by atoms with Crippen LogP contribution in [0.25, 0.3) is 29.2 Å². The number of rotatable bonds is 7. The normalized spacial score (nSPS) is 14.6. The maximum absolute atomic E-state index is 13.0. The van der Waals surface area contributed by atoms with Gasteiger partial charge in [-0.15, -0.1) is 0 Å². The largest absolute Gasteiger partial charge is 0.416 e. The Morgan fingerprint density at radius 2 is 1.88 bits per heavy atom. The zero-order valence-corrected chi connectivity index (χ0v) is 21.5. The number of anilines is 2. The van der Waals surface area contributed by atoms with Gasteiger partial charge in [-0.3, -0.25) is 4.99 Å². The van der Waals surface area contributed by atoms with E-state index in [9.17, 15) is 26.3 Å². The first kappa shape index (κ1) is 28.7. The highest BCUT2D eigenvalue weighted by Gasteiger charge is 2.30. The number of aromatic nitrogens is 2. The third-order valence-corrected chi connectivity index (χ3v) is 5.92. The lowest BCUT2D eigenvalue weighted by Crippen LogP contribution is -2.39. The average molecular weight is 557 g/mol. The molecule has 1 N–H and O–H groups in total. The van der Waals surface area contributed by atoms with Crippen LogP contribution in [-0.4, -0.2) is 22.3 Å². The molecular formula is C30H26F6N4. The number of nitrogens with one attached hydrogen (secondary N) is 1. The molecule has 4 nitrogen and oxygen atoms in total. The Morgan fingerprint density at radius 3 is 2.52 bits per heavy atom. The molecule has 0 amide bonds. The van der Waals surface area contributed by atoms with Crippen molar-refractivity contribution in [2.45, 2.75) is 32.1 Å². The second-order valence-corrected chi connectivity index (χ2v) is 8.83. The average Bonchev–Trinajstić information content (AvgIpc) is 3.12. The molecule has 4 rings (SSSR count). The zero-order chi connectivity index (χ0) is 28.9. The van der Waals surface area contributed by atoms with Crippen molar-refractivity contribution in [1.29, 1.82) is 0 Å². The summed E-state index contributed by atoms with van der Waals surface area (Å²) in [7, 11) is 0. The van der Waals surface area contributed by atoms with Gasteiger partial charge in [0, 0.05) is 17.9 Å². The first-order valence-corrected chi connectivity index (χ1v) is 12.4. The number of alkyl halides is 6. The fourth-order valence-corrected chi connectivity index (χ4v) is 4.22. The molecule has 0 atom stereocenters. The van der Waals surface area contributed by atoms with Crippen molar-refractivity contribution in [2.24, 2.45) is 4.99 Å². The molecule has 0 aromatic heterocycles. The van der Waals surface area contributed by atoms with Crippen molar-refractivity contribution in [1.82, 2.24) is 9.55 Å². The van der Waals surface area contributed by atoms with Crippen LogP contribution in [0.1, 0.15) is 25.3 Å². The van der Waals surface area contributed by atoms with Gasteiger partial charge in [-0.1, -0.05) is 37.0 Å². The quantitative estimate of drug-likeness (QED) is 0.259. The summed E-state index contributed by atoms with van der Waals surface area (Å²) in [6, 6.07) is 8.13. The Bertz CT molecular complexity index is 1640. The predicted octanol–water partition coefficient (Wildman–Crippen LogP) is 6.73. The van der Waals surface area contributed by atoms with Gasteiger partial charge in [0.05, 0.1) is 45.1 Å². The maximum Gasteiger partial charge on any atom is 0.416 e. The molecule has 208 valence electrons. The lowest BCUT2D eigenvalue weighted by atomic mass is 10.1. The van der Waals surface area contributed by atoms with E-state index in [0.29, 0.717) is 57.5 Å². The van der Waals surface area contributed by atoms with Crippen molar-refractivity contribution in [2.75, 3.05) is 11.9 Å². The predicted molar refractivity (Wildman–Crippen MR) is 146 cm³/mol. The number of fused-ring (bicyclic) bond motifs is 2. The molecule has 0 saturated carbocycles. The summed E-state index contributed by atoms with van der Waals surface area (Å²) < 4.78 is 79.6. The molecule has 2 aliphatic carbocycles. The molecular weight excluding hydrogens is 530 g/mol. The van der Waals surface area contributed by atoms with E-state index in [4.69, 9.17) is 4.98 Å². The van der Waals surface area contributed by atoms with E-state index in [1.807, 2.05) is 35.8 Å². The minimum atomic E-state index is -4.45. The first-order valence-electron chi connectivity index (χ1n) is 12.4. The van der Waals surface area contributed by atoms with Crippen molar-refractivity contribution >= 4 is 29.2 Å². The summed E-state index contributed by atoms with van der Waals surface area (Å²) in [4.78, 5) is 9.36. The van der Waals surface area contributed by atoms with Gasteiger partial charge in [0.25, 0.3) is 0 Å². The van der Waals surface area contributed by atoms with Gasteiger partial charge in [-0.05, 0) is 68.0 Å². The van der Waals surface area contributed by atoms with E-state index in [2.05, 4.69) is 16.9 Å². The van der Waals surface area contributed by atoms with Crippen LogP contribution in [0.2, 0.25) is 0 Å². The van der Waals surface area contributed by atoms with Gasteiger partial charge in [0.15, 0.2) is 0 Å². The Morgan fingerprint density at radius 1 is 1.12 bits per heavy atom. The molecule has 3 aliphatic rings.